The van der Waals surface area contributed by atoms with Crippen molar-refractivity contribution in [2.24, 2.45) is 0 Å². The molecule has 12 heavy (non-hydrogen) atoms. The van der Waals surface area contributed by atoms with Gasteiger partial charge in [-0.15, -0.1) is 0 Å². The summed E-state index contributed by atoms with van der Waals surface area (Å²) in [5, 5.41) is 18.0. The maximum atomic E-state index is 9.02. The fourth-order valence-electron chi connectivity index (χ4n) is 0.820. The van der Waals surface area contributed by atoms with Gasteiger partial charge in [-0.3, -0.25) is 0 Å². The molecule has 0 heterocycles. The van der Waals surface area contributed by atoms with E-state index in [-0.39, 0.29) is 34.9 Å². The third-order valence-corrected chi connectivity index (χ3v) is 1.33. The molecule has 3 nitrogen and oxygen atoms in total. The average molecular weight is 169 g/mol. The first kappa shape index (κ1) is 5.62. The molecule has 0 aliphatic rings. The van der Waals surface area contributed by atoms with Gasteiger partial charge >= 0.3 is 7.12 Å². The van der Waals surface area contributed by atoms with Gasteiger partial charge in [0.15, 0.2) is 0 Å². The Kier molecular flexibility index (Phi) is 1.69. The van der Waals surface area contributed by atoms with Gasteiger partial charge in [0.2, 0.25) is 0 Å². The van der Waals surface area contributed by atoms with Crippen molar-refractivity contribution in [1.82, 2.24) is 0 Å². The van der Waals surface area contributed by atoms with Crippen molar-refractivity contribution in [3.8, 4) is 5.75 Å². The molecule has 0 unspecified atom stereocenters. The first-order valence-electron chi connectivity index (χ1n) is 4.92. The molecule has 64 valence electrons. The molecule has 0 aliphatic heterocycles. The summed E-state index contributed by atoms with van der Waals surface area (Å²) in [7, 11) is -0.611. The van der Waals surface area contributed by atoms with Crippen molar-refractivity contribution >= 4 is 12.6 Å². The van der Waals surface area contributed by atoms with Crippen molar-refractivity contribution in [1.29, 1.82) is 0 Å². The van der Waals surface area contributed by atoms with E-state index in [0.29, 0.717) is 0 Å². The van der Waals surface area contributed by atoms with Crippen molar-refractivity contribution in [3.63, 3.8) is 0 Å². The molecular weight excluding hydrogens is 155 g/mol. The zero-order chi connectivity index (χ0) is 11.7. The minimum Gasteiger partial charge on any atom is -0.497 e. The molecule has 0 fully saturated rings. The van der Waals surface area contributed by atoms with Crippen LogP contribution < -0.4 is 10.2 Å². The maximum Gasteiger partial charge on any atom is 0.488 e. The molecule has 1 rings (SSSR count). The van der Waals surface area contributed by atoms with Gasteiger partial charge in [0.25, 0.3) is 0 Å². The summed E-state index contributed by atoms with van der Waals surface area (Å²) in [6, 6.07) is -0.606. The smallest absolute Gasteiger partial charge is 0.488 e. The van der Waals surface area contributed by atoms with Crippen LogP contribution in [-0.4, -0.2) is 24.3 Å². The van der Waals surface area contributed by atoms with Gasteiger partial charge in [0.05, 0.1) is 11.2 Å². The van der Waals surface area contributed by atoms with Gasteiger partial charge in [-0.2, -0.15) is 0 Å². The second-order valence-corrected chi connectivity index (χ2v) is 2.32. The van der Waals surface area contributed by atoms with Gasteiger partial charge in [-0.05, 0) is 30.0 Å². The summed E-state index contributed by atoms with van der Waals surface area (Å²) in [6.45, 7) is 1.50. The standard InChI is InChI=1S/C8H11BO3/c1-6-3-7(9(10)11)5-8(4-6)12-2/h3-5,10-11H,1-2H3/i3D,4D,5D. The lowest BCUT2D eigenvalue weighted by Crippen LogP contribution is -2.29. The third-order valence-electron chi connectivity index (χ3n) is 1.33. The first-order chi connectivity index (χ1) is 6.91. The highest BCUT2D eigenvalue weighted by Crippen LogP contribution is 2.09. The lowest BCUT2D eigenvalue weighted by atomic mass is 9.79. The van der Waals surface area contributed by atoms with E-state index in [4.69, 9.17) is 18.9 Å². The van der Waals surface area contributed by atoms with Crippen molar-refractivity contribution in [2.75, 3.05) is 7.11 Å². The van der Waals surface area contributed by atoms with Crippen LogP contribution in [0.15, 0.2) is 18.1 Å². The number of hydrogen-bond acceptors (Lipinski definition) is 3. The van der Waals surface area contributed by atoms with Crippen LogP contribution in [-0.2, 0) is 0 Å². The summed E-state index contributed by atoms with van der Waals surface area (Å²) in [6.07, 6.45) is 0. The SMILES string of the molecule is [2H]c1c(C)c([2H])c(B(O)O)c([2H])c1OC. The molecule has 1 aromatic carbocycles. The first-order valence-corrected chi connectivity index (χ1v) is 3.42. The third kappa shape index (κ3) is 2.00. The fraction of sp³-hybridized carbons (Fsp3) is 0.250. The number of rotatable bonds is 2. The normalized spacial score (nSPS) is 13.2. The van der Waals surface area contributed by atoms with E-state index >= 15 is 0 Å². The van der Waals surface area contributed by atoms with Crippen LogP contribution in [0.5, 0.6) is 5.75 Å². The number of hydrogen-bond donors (Lipinski definition) is 2. The minimum atomic E-state index is -1.90. The molecule has 0 amide bonds. The van der Waals surface area contributed by atoms with Crippen molar-refractivity contribution < 1.29 is 18.9 Å². The molecule has 2 N–H and O–H groups in total. The van der Waals surface area contributed by atoms with E-state index < -0.39 is 7.12 Å². The lowest BCUT2D eigenvalue weighted by Gasteiger charge is -2.05. The highest BCUT2D eigenvalue weighted by Gasteiger charge is 2.11. The van der Waals surface area contributed by atoms with E-state index in [9.17, 15) is 0 Å². The summed E-state index contributed by atoms with van der Waals surface area (Å²) in [4.78, 5) is 0. The van der Waals surface area contributed by atoms with Gasteiger partial charge in [-0.1, -0.05) is 6.04 Å². The quantitative estimate of drug-likeness (QED) is 0.596. The van der Waals surface area contributed by atoms with Crippen molar-refractivity contribution in [3.05, 3.63) is 23.7 Å². The van der Waals surface area contributed by atoms with Crippen LogP contribution in [0.2, 0.25) is 0 Å². The molecule has 0 atom stereocenters. The Bertz CT molecular complexity index is 395. The number of methoxy groups -OCH3 is 1. The number of benzene rings is 1. The second kappa shape index (κ2) is 3.60. The van der Waals surface area contributed by atoms with E-state index in [2.05, 4.69) is 0 Å². The average Bonchev–Trinajstić information content (AvgIpc) is 2.15. The Morgan fingerprint density at radius 1 is 1.42 bits per heavy atom. The molecule has 4 heteroatoms. The fourth-order valence-corrected chi connectivity index (χ4v) is 0.820. The molecule has 0 aliphatic carbocycles. The summed E-state index contributed by atoms with van der Waals surface area (Å²) in [5.41, 5.74) is 0.0197. The Morgan fingerprint density at radius 2 is 2.08 bits per heavy atom. The van der Waals surface area contributed by atoms with Crippen LogP contribution in [0, 0.1) is 6.92 Å². The Morgan fingerprint density at radius 3 is 2.58 bits per heavy atom. The van der Waals surface area contributed by atoms with E-state index in [1.54, 1.807) is 0 Å². The predicted molar refractivity (Wildman–Crippen MR) is 47.6 cm³/mol. The van der Waals surface area contributed by atoms with Crippen LogP contribution in [0.4, 0.5) is 0 Å². The van der Waals surface area contributed by atoms with Gasteiger partial charge < -0.3 is 14.8 Å². The number of ether oxygens (including phenoxy) is 1. The maximum absolute atomic E-state index is 9.02. The van der Waals surface area contributed by atoms with Gasteiger partial charge in [0, 0.05) is 0 Å². The van der Waals surface area contributed by atoms with E-state index in [1.807, 2.05) is 0 Å². The van der Waals surface area contributed by atoms with Crippen molar-refractivity contribution in [2.45, 2.75) is 6.92 Å². The Hall–Kier alpha value is -0.995. The van der Waals surface area contributed by atoms with E-state index in [1.165, 1.54) is 14.0 Å². The van der Waals surface area contributed by atoms with Gasteiger partial charge in [-0.25, -0.2) is 0 Å². The summed E-state index contributed by atoms with van der Waals surface area (Å²) >= 11 is 0. The second-order valence-electron chi connectivity index (χ2n) is 2.32. The highest BCUT2D eigenvalue weighted by atomic mass is 16.5. The van der Waals surface area contributed by atoms with Crippen LogP contribution in [0.25, 0.3) is 0 Å². The summed E-state index contributed by atoms with van der Waals surface area (Å²) < 4.78 is 27.5. The zero-order valence-electron chi connectivity index (χ0n) is 9.88. The Labute approximate surface area is 76.0 Å². The molecule has 0 saturated heterocycles. The van der Waals surface area contributed by atoms with Crippen LogP contribution in [0.1, 0.15) is 9.68 Å². The molecule has 0 bridgehead atoms. The lowest BCUT2D eigenvalue weighted by molar-refractivity contribution is 0.411. The molecular formula is C8H11BO3. The minimum absolute atomic E-state index is 0.0494. The van der Waals surface area contributed by atoms with E-state index in [0.717, 1.165) is 0 Å². The highest BCUT2D eigenvalue weighted by molar-refractivity contribution is 6.58. The van der Waals surface area contributed by atoms with Crippen LogP contribution >= 0.6 is 0 Å². The van der Waals surface area contributed by atoms with Crippen LogP contribution in [0.3, 0.4) is 0 Å². The zero-order valence-corrected chi connectivity index (χ0v) is 6.88. The monoisotopic (exact) mass is 169 g/mol. The predicted octanol–water partition coefficient (Wildman–Crippen LogP) is -0.317. The topological polar surface area (TPSA) is 49.7 Å². The summed E-state index contributed by atoms with van der Waals surface area (Å²) in [5.74, 6) is -0.0494. The molecule has 0 radical (unpaired) electrons. The Balaban J connectivity index is 3.60. The molecule has 1 aromatic rings. The molecule has 0 aromatic heterocycles. The molecule has 0 saturated carbocycles. The largest absolute Gasteiger partial charge is 0.497 e. The van der Waals surface area contributed by atoms with Gasteiger partial charge in [0.1, 0.15) is 5.75 Å². The molecule has 0 spiro atoms.